The van der Waals surface area contributed by atoms with Gasteiger partial charge in [-0.05, 0) is 54.6 Å². The van der Waals surface area contributed by atoms with E-state index < -0.39 is 0 Å². The first-order chi connectivity index (χ1) is 22.9. The summed E-state index contributed by atoms with van der Waals surface area (Å²) in [5.74, 6) is 0. The van der Waals surface area contributed by atoms with Gasteiger partial charge in [0, 0.05) is 38.0 Å². The molecule has 214 valence electrons. The van der Waals surface area contributed by atoms with Crippen molar-refractivity contribution in [2.24, 2.45) is 0 Å². The highest BCUT2D eigenvalue weighted by molar-refractivity contribution is 6.28. The first-order valence-electron chi connectivity index (χ1n) is 15.7. The standard InChI is InChI=1S/C42H25N3O/c1-2-12-26(13-3-1)43-32-18-6-4-15-31(32)39-35(43)25-24-29-28-16-10-21-36-40(28)45(41(29)39)34-20-8-7-19-33(34)44(36)37-22-11-17-30-27-14-5-9-23-38(27)46-42(30)37/h1-25H. The Labute approximate surface area is 263 Å². The van der Waals surface area contributed by atoms with Crippen LogP contribution in [0.4, 0.5) is 17.1 Å². The molecule has 3 aromatic heterocycles. The molecule has 0 fully saturated rings. The van der Waals surface area contributed by atoms with Crippen molar-refractivity contribution >= 4 is 82.6 Å². The Balaban J connectivity index is 1.31. The van der Waals surface area contributed by atoms with Gasteiger partial charge < -0.3 is 18.5 Å². The van der Waals surface area contributed by atoms with Gasteiger partial charge in [0.15, 0.2) is 5.58 Å². The second-order valence-electron chi connectivity index (χ2n) is 12.1. The first kappa shape index (κ1) is 24.1. The molecule has 0 saturated heterocycles. The van der Waals surface area contributed by atoms with E-state index in [0.717, 1.165) is 50.4 Å². The van der Waals surface area contributed by atoms with Crippen LogP contribution in [0.1, 0.15) is 0 Å². The third-order valence-electron chi connectivity index (χ3n) is 9.81. The lowest BCUT2D eigenvalue weighted by Crippen LogP contribution is -2.18. The SMILES string of the molecule is c1ccc(-n2c3ccccc3c3c2ccc2c4cccc5c4n(c23)-c2ccccc2N5c2cccc3c2oc2ccccc23)cc1. The molecule has 46 heavy (non-hydrogen) atoms. The van der Waals surface area contributed by atoms with Crippen LogP contribution < -0.4 is 4.90 Å². The van der Waals surface area contributed by atoms with E-state index in [1.54, 1.807) is 0 Å². The van der Waals surface area contributed by atoms with E-state index in [1.807, 2.05) is 6.07 Å². The average molecular weight is 588 g/mol. The van der Waals surface area contributed by atoms with E-state index in [9.17, 15) is 0 Å². The molecule has 11 rings (SSSR count). The molecular formula is C42H25N3O. The molecule has 4 heteroatoms. The lowest BCUT2D eigenvalue weighted by Gasteiger charge is -2.33. The van der Waals surface area contributed by atoms with Crippen LogP contribution in [0.5, 0.6) is 0 Å². The average Bonchev–Trinajstić information content (AvgIpc) is 3.78. The van der Waals surface area contributed by atoms with Gasteiger partial charge in [-0.25, -0.2) is 0 Å². The predicted octanol–water partition coefficient (Wildman–Crippen LogP) is 11.6. The number of rotatable bonds is 2. The minimum atomic E-state index is 0.897. The third-order valence-corrected chi connectivity index (χ3v) is 9.81. The number of para-hydroxylation sites is 7. The lowest BCUT2D eigenvalue weighted by atomic mass is 10.1. The van der Waals surface area contributed by atoms with Crippen molar-refractivity contribution in [2.45, 2.75) is 0 Å². The molecule has 1 aliphatic rings. The number of hydrogen-bond donors (Lipinski definition) is 0. The van der Waals surface area contributed by atoms with Gasteiger partial charge >= 0.3 is 0 Å². The molecular weight excluding hydrogens is 562 g/mol. The van der Waals surface area contributed by atoms with Crippen LogP contribution in [0.3, 0.4) is 0 Å². The molecule has 0 radical (unpaired) electrons. The molecule has 1 aliphatic heterocycles. The molecule has 0 bridgehead atoms. The van der Waals surface area contributed by atoms with E-state index in [1.165, 1.54) is 43.6 Å². The number of nitrogens with zero attached hydrogens (tertiary/aromatic N) is 3. The number of aromatic nitrogens is 2. The monoisotopic (exact) mass is 587 g/mol. The molecule has 4 nitrogen and oxygen atoms in total. The maximum atomic E-state index is 6.59. The van der Waals surface area contributed by atoms with Crippen LogP contribution >= 0.6 is 0 Å². The van der Waals surface area contributed by atoms with E-state index in [-0.39, 0.29) is 0 Å². The smallest absolute Gasteiger partial charge is 0.159 e. The Morgan fingerprint density at radius 1 is 0.370 bits per heavy atom. The number of furan rings is 1. The largest absolute Gasteiger partial charge is 0.454 e. The molecule has 0 atom stereocenters. The van der Waals surface area contributed by atoms with Crippen molar-refractivity contribution in [3.05, 3.63) is 152 Å². The van der Waals surface area contributed by atoms with Crippen molar-refractivity contribution in [2.75, 3.05) is 4.90 Å². The molecule has 0 amide bonds. The first-order valence-corrected chi connectivity index (χ1v) is 15.7. The van der Waals surface area contributed by atoms with E-state index in [0.29, 0.717) is 0 Å². The zero-order chi connectivity index (χ0) is 29.9. The topological polar surface area (TPSA) is 26.2 Å². The van der Waals surface area contributed by atoms with Crippen LogP contribution in [0, 0.1) is 0 Å². The maximum absolute atomic E-state index is 6.59. The van der Waals surface area contributed by atoms with Crippen molar-refractivity contribution in [3.8, 4) is 11.4 Å². The number of fused-ring (bicyclic) bond motifs is 12. The summed E-state index contributed by atoms with van der Waals surface area (Å²) in [5.41, 5.74) is 12.3. The summed E-state index contributed by atoms with van der Waals surface area (Å²) in [6, 6.07) is 54.4. The van der Waals surface area contributed by atoms with Gasteiger partial charge in [-0.15, -0.1) is 0 Å². The van der Waals surface area contributed by atoms with Gasteiger partial charge in [0.25, 0.3) is 0 Å². The Morgan fingerprint density at radius 3 is 1.91 bits per heavy atom. The minimum Gasteiger partial charge on any atom is -0.454 e. The van der Waals surface area contributed by atoms with Crippen LogP contribution in [0.2, 0.25) is 0 Å². The lowest BCUT2D eigenvalue weighted by molar-refractivity contribution is 0.669. The fourth-order valence-electron chi connectivity index (χ4n) is 8.00. The minimum absolute atomic E-state index is 0.897. The van der Waals surface area contributed by atoms with E-state index >= 15 is 0 Å². The maximum Gasteiger partial charge on any atom is 0.159 e. The Bertz CT molecular complexity index is 2870. The quantitative estimate of drug-likeness (QED) is 0.201. The van der Waals surface area contributed by atoms with Gasteiger partial charge in [0.05, 0.1) is 44.8 Å². The number of hydrogen-bond acceptors (Lipinski definition) is 2. The molecule has 0 aliphatic carbocycles. The number of benzene rings is 7. The summed E-state index contributed by atoms with van der Waals surface area (Å²) in [5, 5.41) is 7.26. The predicted molar refractivity (Wildman–Crippen MR) is 191 cm³/mol. The fraction of sp³-hybridized carbons (Fsp3) is 0. The van der Waals surface area contributed by atoms with Crippen LogP contribution in [0.15, 0.2) is 156 Å². The number of anilines is 3. The summed E-state index contributed by atoms with van der Waals surface area (Å²) in [4.78, 5) is 2.39. The van der Waals surface area contributed by atoms with Gasteiger partial charge in [0.2, 0.25) is 0 Å². The second kappa shape index (κ2) is 8.68. The van der Waals surface area contributed by atoms with Gasteiger partial charge in [-0.3, -0.25) is 0 Å². The third kappa shape index (κ3) is 2.94. The van der Waals surface area contributed by atoms with E-state index in [2.05, 4.69) is 160 Å². The summed E-state index contributed by atoms with van der Waals surface area (Å²) in [6.07, 6.45) is 0. The van der Waals surface area contributed by atoms with Crippen LogP contribution in [0.25, 0.3) is 76.9 Å². The van der Waals surface area contributed by atoms with Crippen molar-refractivity contribution in [1.29, 1.82) is 0 Å². The highest BCUT2D eigenvalue weighted by Crippen LogP contribution is 2.53. The van der Waals surface area contributed by atoms with Crippen molar-refractivity contribution in [3.63, 3.8) is 0 Å². The summed E-state index contributed by atoms with van der Waals surface area (Å²) in [6.45, 7) is 0. The molecule has 7 aromatic carbocycles. The van der Waals surface area contributed by atoms with Crippen molar-refractivity contribution in [1.82, 2.24) is 9.13 Å². The van der Waals surface area contributed by atoms with Crippen LogP contribution in [-0.4, -0.2) is 9.13 Å². The molecule has 0 spiro atoms. The zero-order valence-electron chi connectivity index (χ0n) is 24.7. The highest BCUT2D eigenvalue weighted by atomic mass is 16.3. The van der Waals surface area contributed by atoms with Crippen molar-refractivity contribution < 1.29 is 4.42 Å². The molecule has 0 saturated carbocycles. The normalized spacial score (nSPS) is 12.7. The molecule has 0 unspecified atom stereocenters. The summed E-state index contributed by atoms with van der Waals surface area (Å²) >= 11 is 0. The Morgan fingerprint density at radius 2 is 1.02 bits per heavy atom. The van der Waals surface area contributed by atoms with Gasteiger partial charge in [-0.1, -0.05) is 97.1 Å². The molecule has 4 heterocycles. The summed E-state index contributed by atoms with van der Waals surface area (Å²) < 4.78 is 11.5. The zero-order valence-corrected chi connectivity index (χ0v) is 24.7. The van der Waals surface area contributed by atoms with Gasteiger partial charge in [0.1, 0.15) is 5.58 Å². The molecule has 0 N–H and O–H groups in total. The summed E-state index contributed by atoms with van der Waals surface area (Å²) in [7, 11) is 0. The Kier molecular flexibility index (Phi) is 4.55. The Hall–Kier alpha value is -6.26. The fourth-order valence-corrected chi connectivity index (χ4v) is 8.00. The van der Waals surface area contributed by atoms with E-state index in [4.69, 9.17) is 4.42 Å². The van der Waals surface area contributed by atoms with Gasteiger partial charge in [-0.2, -0.15) is 0 Å². The van der Waals surface area contributed by atoms with Crippen LogP contribution in [-0.2, 0) is 0 Å². The highest BCUT2D eigenvalue weighted by Gasteiger charge is 2.31. The second-order valence-corrected chi connectivity index (χ2v) is 12.1. The molecule has 10 aromatic rings.